The normalized spacial score (nSPS) is 10.9. The summed E-state index contributed by atoms with van der Waals surface area (Å²) in [5.41, 5.74) is 2.08. The number of hydrogen-bond acceptors (Lipinski definition) is 7. The predicted octanol–water partition coefficient (Wildman–Crippen LogP) is 5.24. The Bertz CT molecular complexity index is 1140. The molecule has 0 aliphatic heterocycles. The number of anilines is 1. The quantitative estimate of drug-likeness (QED) is 0.354. The van der Waals surface area contributed by atoms with Crippen LogP contribution < -0.4 is 5.32 Å². The van der Waals surface area contributed by atoms with Gasteiger partial charge in [-0.05, 0) is 37.1 Å². The maximum Gasteiger partial charge on any atom is 0.341 e. The highest BCUT2D eigenvalue weighted by molar-refractivity contribution is 7.99. The summed E-state index contributed by atoms with van der Waals surface area (Å²) in [7, 11) is 3.14. The maximum atomic E-state index is 12.6. The van der Waals surface area contributed by atoms with Crippen molar-refractivity contribution in [3.8, 4) is 11.4 Å². The van der Waals surface area contributed by atoms with Gasteiger partial charge in [-0.15, -0.1) is 21.5 Å². The smallest absolute Gasteiger partial charge is 0.341 e. The number of esters is 1. The van der Waals surface area contributed by atoms with Crippen molar-refractivity contribution >= 4 is 63.2 Å². The lowest BCUT2D eigenvalue weighted by Crippen LogP contribution is -2.16. The van der Waals surface area contributed by atoms with Gasteiger partial charge in [-0.2, -0.15) is 0 Å². The van der Waals surface area contributed by atoms with Gasteiger partial charge in [0.05, 0.1) is 28.5 Å². The molecule has 7 nitrogen and oxygen atoms in total. The molecular formula is C20H20Cl2N4O3S2. The number of aromatic nitrogens is 3. The van der Waals surface area contributed by atoms with Crippen molar-refractivity contribution in [2.24, 2.45) is 7.05 Å². The number of carbonyl (C=O) groups is 2. The standard InChI is InChI=1S/C20H20Cl2N4O3S2/c1-5-12-10(2)31-18(16(12)19(28)29-4)23-15(27)9-30-20-25-24-17(26(20)3)11-6-7-13(21)14(22)8-11/h6-8H,5,9H2,1-4H3,(H,23,27). The number of ether oxygens (including phenoxy) is 1. The molecule has 2 aromatic heterocycles. The number of carbonyl (C=O) groups excluding carboxylic acids is 2. The maximum absolute atomic E-state index is 12.6. The minimum Gasteiger partial charge on any atom is -0.465 e. The average molecular weight is 499 g/mol. The molecule has 1 amide bonds. The fourth-order valence-electron chi connectivity index (χ4n) is 3.03. The number of aryl methyl sites for hydroxylation is 1. The van der Waals surface area contributed by atoms with Gasteiger partial charge in [0.1, 0.15) is 5.00 Å². The highest BCUT2D eigenvalue weighted by Gasteiger charge is 2.23. The largest absolute Gasteiger partial charge is 0.465 e. The third-order valence-electron chi connectivity index (χ3n) is 4.55. The van der Waals surface area contributed by atoms with E-state index in [4.69, 9.17) is 27.9 Å². The van der Waals surface area contributed by atoms with E-state index in [2.05, 4.69) is 15.5 Å². The van der Waals surface area contributed by atoms with Gasteiger partial charge in [0.2, 0.25) is 5.91 Å². The van der Waals surface area contributed by atoms with Crippen LogP contribution in [-0.4, -0.2) is 39.5 Å². The number of thiophene rings is 1. The molecule has 31 heavy (non-hydrogen) atoms. The molecule has 0 fully saturated rings. The number of nitrogens with zero attached hydrogens (tertiary/aromatic N) is 3. The molecule has 0 spiro atoms. The minimum atomic E-state index is -0.455. The first-order chi connectivity index (χ1) is 14.8. The topological polar surface area (TPSA) is 86.1 Å². The van der Waals surface area contributed by atoms with E-state index < -0.39 is 5.97 Å². The molecule has 0 bridgehead atoms. The average Bonchev–Trinajstić information content (AvgIpc) is 3.26. The van der Waals surface area contributed by atoms with Crippen LogP contribution >= 0.6 is 46.3 Å². The van der Waals surface area contributed by atoms with Crippen LogP contribution in [0.2, 0.25) is 10.0 Å². The molecule has 0 saturated carbocycles. The highest BCUT2D eigenvalue weighted by Crippen LogP contribution is 2.34. The third kappa shape index (κ3) is 5.06. The highest BCUT2D eigenvalue weighted by atomic mass is 35.5. The zero-order valence-electron chi connectivity index (χ0n) is 17.3. The van der Waals surface area contributed by atoms with Crippen LogP contribution in [0.4, 0.5) is 5.00 Å². The van der Waals surface area contributed by atoms with Crippen LogP contribution in [0.15, 0.2) is 23.4 Å². The van der Waals surface area contributed by atoms with Gasteiger partial charge in [-0.1, -0.05) is 41.9 Å². The van der Waals surface area contributed by atoms with E-state index >= 15 is 0 Å². The van der Waals surface area contributed by atoms with E-state index in [-0.39, 0.29) is 11.7 Å². The molecule has 3 aromatic rings. The summed E-state index contributed by atoms with van der Waals surface area (Å²) in [5, 5.41) is 13.1. The first-order valence-electron chi connectivity index (χ1n) is 9.24. The Labute approximate surface area is 198 Å². The molecule has 0 aliphatic carbocycles. The summed E-state index contributed by atoms with van der Waals surface area (Å²) >= 11 is 14.7. The summed E-state index contributed by atoms with van der Waals surface area (Å²) in [5.74, 6) is 0.00427. The number of rotatable bonds is 7. The fraction of sp³-hybridized carbons (Fsp3) is 0.300. The van der Waals surface area contributed by atoms with Crippen molar-refractivity contribution in [3.05, 3.63) is 44.2 Å². The Morgan fingerprint density at radius 2 is 2.00 bits per heavy atom. The van der Waals surface area contributed by atoms with E-state index in [0.29, 0.717) is 38.0 Å². The molecule has 0 saturated heterocycles. The molecule has 0 aliphatic rings. The van der Waals surface area contributed by atoms with Crippen LogP contribution in [0.1, 0.15) is 27.7 Å². The monoisotopic (exact) mass is 498 g/mol. The second kappa shape index (κ2) is 10.0. The molecule has 164 valence electrons. The second-order valence-electron chi connectivity index (χ2n) is 6.52. The molecule has 1 N–H and O–H groups in total. The Kier molecular flexibility index (Phi) is 7.64. The minimum absolute atomic E-state index is 0.104. The van der Waals surface area contributed by atoms with Crippen LogP contribution in [0, 0.1) is 6.92 Å². The molecular weight excluding hydrogens is 479 g/mol. The van der Waals surface area contributed by atoms with Gasteiger partial charge < -0.3 is 14.6 Å². The third-order valence-corrected chi connectivity index (χ3v) is 7.37. The van der Waals surface area contributed by atoms with Gasteiger partial charge in [0, 0.05) is 17.5 Å². The molecule has 3 rings (SSSR count). The van der Waals surface area contributed by atoms with E-state index in [9.17, 15) is 9.59 Å². The first-order valence-corrected chi connectivity index (χ1v) is 11.8. The van der Waals surface area contributed by atoms with E-state index in [1.165, 1.54) is 30.2 Å². The van der Waals surface area contributed by atoms with Crippen LogP contribution in [-0.2, 0) is 23.0 Å². The Hall–Kier alpha value is -2.07. The summed E-state index contributed by atoms with van der Waals surface area (Å²) in [6.07, 6.45) is 0.674. The first kappa shape index (κ1) is 23.6. The molecule has 1 aromatic carbocycles. The molecule has 0 radical (unpaired) electrons. The lowest BCUT2D eigenvalue weighted by atomic mass is 10.1. The van der Waals surface area contributed by atoms with Crippen molar-refractivity contribution in [2.75, 3.05) is 18.2 Å². The lowest BCUT2D eigenvalue weighted by Gasteiger charge is -2.07. The number of methoxy groups -OCH3 is 1. The molecule has 0 atom stereocenters. The molecule has 11 heteroatoms. The van der Waals surface area contributed by atoms with Crippen LogP contribution in [0.3, 0.4) is 0 Å². The van der Waals surface area contributed by atoms with Crippen LogP contribution in [0.25, 0.3) is 11.4 Å². The zero-order valence-corrected chi connectivity index (χ0v) is 20.4. The molecule has 2 heterocycles. The van der Waals surface area contributed by atoms with E-state index in [0.717, 1.165) is 16.0 Å². The second-order valence-corrected chi connectivity index (χ2v) is 9.50. The van der Waals surface area contributed by atoms with E-state index in [1.807, 2.05) is 20.9 Å². The van der Waals surface area contributed by atoms with Crippen molar-refractivity contribution in [1.82, 2.24) is 14.8 Å². The van der Waals surface area contributed by atoms with E-state index in [1.54, 1.807) is 22.8 Å². The summed E-state index contributed by atoms with van der Waals surface area (Å²) in [6, 6.07) is 5.21. The lowest BCUT2D eigenvalue weighted by molar-refractivity contribution is -0.113. The number of thioether (sulfide) groups is 1. The Morgan fingerprint density at radius 3 is 2.65 bits per heavy atom. The summed E-state index contributed by atoms with van der Waals surface area (Å²) in [6.45, 7) is 3.88. The van der Waals surface area contributed by atoms with Crippen molar-refractivity contribution in [2.45, 2.75) is 25.4 Å². The van der Waals surface area contributed by atoms with Crippen molar-refractivity contribution in [3.63, 3.8) is 0 Å². The zero-order chi connectivity index (χ0) is 22.7. The SMILES string of the molecule is CCc1c(C)sc(NC(=O)CSc2nnc(-c3ccc(Cl)c(Cl)c3)n2C)c1C(=O)OC. The Morgan fingerprint density at radius 1 is 1.26 bits per heavy atom. The van der Waals surface area contributed by atoms with Crippen molar-refractivity contribution < 1.29 is 14.3 Å². The number of nitrogens with one attached hydrogen (secondary N) is 1. The van der Waals surface area contributed by atoms with Gasteiger partial charge in [0.15, 0.2) is 11.0 Å². The van der Waals surface area contributed by atoms with Crippen molar-refractivity contribution in [1.29, 1.82) is 0 Å². The van der Waals surface area contributed by atoms with Gasteiger partial charge in [-0.25, -0.2) is 4.79 Å². The summed E-state index contributed by atoms with van der Waals surface area (Å²) < 4.78 is 6.67. The van der Waals surface area contributed by atoms with Gasteiger partial charge in [-0.3, -0.25) is 4.79 Å². The number of amides is 1. The fourth-order valence-corrected chi connectivity index (χ4v) is 5.19. The van der Waals surface area contributed by atoms with Crippen LogP contribution in [0.5, 0.6) is 0 Å². The number of benzene rings is 1. The van der Waals surface area contributed by atoms with Gasteiger partial charge >= 0.3 is 5.97 Å². The number of hydrogen-bond donors (Lipinski definition) is 1. The molecule has 0 unspecified atom stereocenters. The van der Waals surface area contributed by atoms with Gasteiger partial charge in [0.25, 0.3) is 0 Å². The Balaban J connectivity index is 1.72. The predicted molar refractivity (Wildman–Crippen MR) is 126 cm³/mol. The number of halogens is 2. The summed E-state index contributed by atoms with van der Waals surface area (Å²) in [4.78, 5) is 25.7.